The molecule has 1 aromatic carbocycles. The Morgan fingerprint density at radius 3 is 2.17 bits per heavy atom. The van der Waals surface area contributed by atoms with Crippen LogP contribution in [0.15, 0.2) is 41.0 Å². The van der Waals surface area contributed by atoms with E-state index in [9.17, 15) is 0 Å². The van der Waals surface area contributed by atoms with Crippen LogP contribution >= 0.6 is 0 Å². The van der Waals surface area contributed by atoms with E-state index in [4.69, 9.17) is 4.74 Å². The molecular weight excluding hydrogens is 282 g/mol. The summed E-state index contributed by atoms with van der Waals surface area (Å²) in [6.07, 6.45) is 2.29. The van der Waals surface area contributed by atoms with Gasteiger partial charge in [-0.15, -0.1) is 0 Å². The van der Waals surface area contributed by atoms with Gasteiger partial charge in [0.25, 0.3) is 0 Å². The highest BCUT2D eigenvalue weighted by Crippen LogP contribution is 2.39. The predicted octanol–water partition coefficient (Wildman–Crippen LogP) is 5.31. The van der Waals surface area contributed by atoms with Gasteiger partial charge in [0.2, 0.25) is 0 Å². The third kappa shape index (κ3) is 4.26. The first-order chi connectivity index (χ1) is 11.1. The average molecular weight is 313 g/mol. The Labute approximate surface area is 141 Å². The van der Waals surface area contributed by atoms with Crippen LogP contribution < -0.4 is 4.74 Å². The predicted molar refractivity (Wildman–Crippen MR) is 99.9 cm³/mol. The summed E-state index contributed by atoms with van der Waals surface area (Å²) in [6.45, 7) is 15.1. The first kappa shape index (κ1) is 17.8. The Hall–Kier alpha value is -1.54. The largest absolute Gasteiger partial charge is 0.492 e. The molecule has 0 saturated heterocycles. The fourth-order valence-corrected chi connectivity index (χ4v) is 3.44. The molecule has 0 fully saturated rings. The zero-order chi connectivity index (χ0) is 16.8. The van der Waals surface area contributed by atoms with Crippen molar-refractivity contribution in [3.05, 3.63) is 46.5 Å². The molecule has 0 spiro atoms. The number of ether oxygens (including phenoxy) is 1. The first-order valence-corrected chi connectivity index (χ1v) is 8.94. The van der Waals surface area contributed by atoms with E-state index in [2.05, 4.69) is 63.8 Å². The summed E-state index contributed by atoms with van der Waals surface area (Å²) >= 11 is 0. The maximum Gasteiger partial charge on any atom is 0.119 e. The fraction of sp³-hybridized carbons (Fsp3) is 0.524. The molecule has 126 valence electrons. The number of hydrogen-bond acceptors (Lipinski definition) is 2. The molecule has 2 heteroatoms. The van der Waals surface area contributed by atoms with Crippen LogP contribution in [0.25, 0.3) is 5.57 Å². The Balaban J connectivity index is 2.00. The fourth-order valence-electron chi connectivity index (χ4n) is 3.44. The maximum absolute atomic E-state index is 5.88. The van der Waals surface area contributed by atoms with Crippen LogP contribution in [-0.2, 0) is 0 Å². The zero-order valence-electron chi connectivity index (χ0n) is 15.4. The van der Waals surface area contributed by atoms with Crippen molar-refractivity contribution in [1.29, 1.82) is 0 Å². The highest BCUT2D eigenvalue weighted by atomic mass is 16.5. The molecule has 1 aromatic rings. The van der Waals surface area contributed by atoms with Crippen molar-refractivity contribution < 1.29 is 4.74 Å². The third-order valence-electron chi connectivity index (χ3n) is 4.95. The lowest BCUT2D eigenvalue weighted by Crippen LogP contribution is -2.27. The zero-order valence-corrected chi connectivity index (χ0v) is 15.4. The molecule has 0 unspecified atom stereocenters. The summed E-state index contributed by atoms with van der Waals surface area (Å²) < 4.78 is 5.88. The van der Waals surface area contributed by atoms with Crippen molar-refractivity contribution in [3.8, 4) is 5.75 Å². The van der Waals surface area contributed by atoms with Crippen LogP contribution in [0.5, 0.6) is 5.75 Å². The Morgan fingerprint density at radius 2 is 1.65 bits per heavy atom. The molecule has 0 aromatic heterocycles. The number of benzene rings is 1. The molecule has 1 aliphatic rings. The first-order valence-electron chi connectivity index (χ1n) is 8.94. The molecule has 2 nitrogen and oxygen atoms in total. The van der Waals surface area contributed by atoms with Gasteiger partial charge in [-0.2, -0.15) is 0 Å². The molecule has 0 saturated carbocycles. The van der Waals surface area contributed by atoms with Crippen LogP contribution in [0.3, 0.4) is 0 Å². The number of allylic oxidation sites excluding steroid dienone is 4. The SMILES string of the molecule is CCC1=C(C)C(c2ccc(OCCN(CC)CC)cc2)=C(C)C1. The minimum Gasteiger partial charge on any atom is -0.492 e. The van der Waals surface area contributed by atoms with E-state index in [0.717, 1.165) is 44.8 Å². The Bertz CT molecular complexity index is 576. The van der Waals surface area contributed by atoms with Gasteiger partial charge >= 0.3 is 0 Å². The molecule has 23 heavy (non-hydrogen) atoms. The summed E-state index contributed by atoms with van der Waals surface area (Å²) in [7, 11) is 0. The second kappa shape index (κ2) is 8.35. The van der Waals surface area contributed by atoms with E-state index in [1.165, 1.54) is 22.3 Å². The van der Waals surface area contributed by atoms with Gasteiger partial charge in [0, 0.05) is 6.54 Å². The van der Waals surface area contributed by atoms with Crippen LogP contribution in [0.1, 0.15) is 53.0 Å². The lowest BCUT2D eigenvalue weighted by atomic mass is 9.98. The molecule has 2 rings (SSSR count). The third-order valence-corrected chi connectivity index (χ3v) is 4.95. The Kier molecular flexibility index (Phi) is 6.47. The van der Waals surface area contributed by atoms with Gasteiger partial charge in [-0.25, -0.2) is 0 Å². The minimum absolute atomic E-state index is 0.752. The van der Waals surface area contributed by atoms with E-state index in [1.54, 1.807) is 5.57 Å². The molecular formula is C21H31NO. The van der Waals surface area contributed by atoms with Crippen molar-refractivity contribution in [2.45, 2.75) is 47.5 Å². The van der Waals surface area contributed by atoms with Crippen molar-refractivity contribution in [2.75, 3.05) is 26.2 Å². The van der Waals surface area contributed by atoms with E-state index in [1.807, 2.05) is 0 Å². The highest BCUT2D eigenvalue weighted by Gasteiger charge is 2.18. The molecule has 0 atom stereocenters. The van der Waals surface area contributed by atoms with Gasteiger partial charge in [-0.05, 0) is 68.6 Å². The van der Waals surface area contributed by atoms with E-state index < -0.39 is 0 Å². The van der Waals surface area contributed by atoms with Gasteiger partial charge in [-0.1, -0.05) is 44.1 Å². The standard InChI is InChI=1S/C21H31NO/c1-6-18-15-16(4)21(17(18)5)19-9-11-20(12-10-19)23-14-13-22(7-2)8-3/h9-12H,6-8,13-15H2,1-5H3. The van der Waals surface area contributed by atoms with Gasteiger partial charge in [-0.3, -0.25) is 0 Å². The summed E-state index contributed by atoms with van der Waals surface area (Å²) in [5.74, 6) is 0.967. The molecule has 1 aliphatic carbocycles. The number of likely N-dealkylation sites (N-methyl/N-ethyl adjacent to an activating group) is 1. The lowest BCUT2D eigenvalue weighted by molar-refractivity contribution is 0.223. The summed E-state index contributed by atoms with van der Waals surface area (Å²) in [5.41, 5.74) is 7.31. The molecule has 0 N–H and O–H groups in total. The van der Waals surface area contributed by atoms with Crippen LogP contribution in [0, 0.1) is 0 Å². The topological polar surface area (TPSA) is 12.5 Å². The number of nitrogens with zero attached hydrogens (tertiary/aromatic N) is 1. The second-order valence-corrected chi connectivity index (χ2v) is 6.31. The van der Waals surface area contributed by atoms with Crippen LogP contribution in [-0.4, -0.2) is 31.1 Å². The van der Waals surface area contributed by atoms with E-state index in [0.29, 0.717) is 0 Å². The molecule has 0 heterocycles. The maximum atomic E-state index is 5.88. The van der Waals surface area contributed by atoms with Gasteiger partial charge in [0.1, 0.15) is 12.4 Å². The minimum atomic E-state index is 0.752. The monoisotopic (exact) mass is 313 g/mol. The average Bonchev–Trinajstić information content (AvgIpc) is 2.86. The molecule has 0 amide bonds. The number of rotatable bonds is 8. The molecule has 0 aliphatic heterocycles. The Morgan fingerprint density at radius 1 is 1.00 bits per heavy atom. The highest BCUT2D eigenvalue weighted by molar-refractivity contribution is 5.84. The summed E-state index contributed by atoms with van der Waals surface area (Å²) in [6, 6.07) is 8.62. The van der Waals surface area contributed by atoms with Crippen LogP contribution in [0.2, 0.25) is 0 Å². The smallest absolute Gasteiger partial charge is 0.119 e. The van der Waals surface area contributed by atoms with E-state index >= 15 is 0 Å². The van der Waals surface area contributed by atoms with Crippen molar-refractivity contribution in [3.63, 3.8) is 0 Å². The second-order valence-electron chi connectivity index (χ2n) is 6.31. The number of hydrogen-bond donors (Lipinski definition) is 0. The quantitative estimate of drug-likeness (QED) is 0.645. The van der Waals surface area contributed by atoms with Crippen molar-refractivity contribution >= 4 is 5.57 Å². The van der Waals surface area contributed by atoms with Crippen LogP contribution in [0.4, 0.5) is 0 Å². The van der Waals surface area contributed by atoms with E-state index in [-0.39, 0.29) is 0 Å². The normalized spacial score (nSPS) is 15.0. The summed E-state index contributed by atoms with van der Waals surface area (Å²) in [4.78, 5) is 2.38. The van der Waals surface area contributed by atoms with Crippen molar-refractivity contribution in [2.24, 2.45) is 0 Å². The summed E-state index contributed by atoms with van der Waals surface area (Å²) in [5, 5.41) is 0. The molecule has 0 radical (unpaired) electrons. The van der Waals surface area contributed by atoms with Gasteiger partial charge in [0.15, 0.2) is 0 Å². The van der Waals surface area contributed by atoms with Gasteiger partial charge in [0.05, 0.1) is 0 Å². The van der Waals surface area contributed by atoms with Crippen molar-refractivity contribution in [1.82, 2.24) is 4.90 Å². The lowest BCUT2D eigenvalue weighted by Gasteiger charge is -2.18. The van der Waals surface area contributed by atoms with Gasteiger partial charge < -0.3 is 9.64 Å². The molecule has 0 bridgehead atoms.